The largest absolute Gasteiger partial charge is 0.351 e. The fourth-order valence-corrected chi connectivity index (χ4v) is 3.95. The molecule has 8 nitrogen and oxygen atoms in total. The van der Waals surface area contributed by atoms with Crippen LogP contribution in [0.5, 0.6) is 0 Å². The lowest BCUT2D eigenvalue weighted by Crippen LogP contribution is -2.25. The summed E-state index contributed by atoms with van der Waals surface area (Å²) in [5, 5.41) is 3.01. The fraction of sp³-hybridized carbons (Fsp3) is 0.444. The van der Waals surface area contributed by atoms with Crippen LogP contribution < -0.4 is 10.8 Å². The molecule has 0 unspecified atom stereocenters. The maximum atomic E-state index is 12.3. The van der Waals surface area contributed by atoms with E-state index in [9.17, 15) is 14.4 Å². The van der Waals surface area contributed by atoms with Gasteiger partial charge in [-0.05, 0) is 44.0 Å². The van der Waals surface area contributed by atoms with Crippen molar-refractivity contribution in [2.24, 2.45) is 4.99 Å². The van der Waals surface area contributed by atoms with Gasteiger partial charge >= 0.3 is 0 Å². The third-order valence-corrected chi connectivity index (χ3v) is 5.43. The lowest BCUT2D eigenvalue weighted by atomic mass is 10.2. The third kappa shape index (κ3) is 5.08. The van der Waals surface area contributed by atoms with Gasteiger partial charge in [0, 0.05) is 30.8 Å². The van der Waals surface area contributed by atoms with E-state index in [4.69, 9.17) is 4.84 Å². The Morgan fingerprint density at radius 2 is 1.96 bits per heavy atom. The Kier molecular flexibility index (Phi) is 6.46. The standard InChI is InChI=1S/C18H22N4O4S/c1-2-26-21-16(24)12-5-7-13(8-6-12)19-15(23)11-14-17(25)20-18(27-14)22-9-3-4-10-22/h5-8,14H,2-4,9-11H2,1H3,(H,19,23)(H,21,24)/t14-/m1/s1. The SMILES string of the molecule is CCONC(=O)c1ccc(NC(=O)C[C@H]2SC(N3CCCC3)=NC2=O)cc1. The second-order valence-corrected chi connectivity index (χ2v) is 7.40. The van der Waals surface area contributed by atoms with Gasteiger partial charge in [-0.2, -0.15) is 4.99 Å². The third-order valence-electron chi connectivity index (χ3n) is 4.22. The zero-order valence-corrected chi connectivity index (χ0v) is 15.9. The van der Waals surface area contributed by atoms with Crippen molar-refractivity contribution in [3.05, 3.63) is 29.8 Å². The number of likely N-dealkylation sites (tertiary alicyclic amines) is 1. The molecule has 3 amide bonds. The monoisotopic (exact) mass is 390 g/mol. The number of carbonyl (C=O) groups is 3. The lowest BCUT2D eigenvalue weighted by Gasteiger charge is -2.16. The molecule has 2 aliphatic rings. The Bertz CT molecular complexity index is 744. The van der Waals surface area contributed by atoms with E-state index in [1.54, 1.807) is 31.2 Å². The molecular weight excluding hydrogens is 368 g/mol. The number of hydrogen-bond acceptors (Lipinski definition) is 6. The molecule has 0 bridgehead atoms. The van der Waals surface area contributed by atoms with Crippen LogP contribution in [0, 0.1) is 0 Å². The van der Waals surface area contributed by atoms with Gasteiger partial charge < -0.3 is 10.2 Å². The quantitative estimate of drug-likeness (QED) is 0.719. The molecule has 2 aliphatic heterocycles. The van der Waals surface area contributed by atoms with Crippen LogP contribution in [-0.4, -0.2) is 52.7 Å². The average Bonchev–Trinajstić information content (AvgIpc) is 3.31. The predicted octanol–water partition coefficient (Wildman–Crippen LogP) is 1.79. The summed E-state index contributed by atoms with van der Waals surface area (Å²) in [4.78, 5) is 47.1. The van der Waals surface area contributed by atoms with Crippen molar-refractivity contribution in [3.63, 3.8) is 0 Å². The average molecular weight is 390 g/mol. The number of rotatable bonds is 6. The van der Waals surface area contributed by atoms with Crippen molar-refractivity contribution >= 4 is 40.3 Å². The van der Waals surface area contributed by atoms with E-state index < -0.39 is 5.25 Å². The number of amides is 3. The predicted molar refractivity (Wildman–Crippen MR) is 103 cm³/mol. The number of hydrogen-bond donors (Lipinski definition) is 2. The van der Waals surface area contributed by atoms with Gasteiger partial charge in [0.25, 0.3) is 11.8 Å². The first-order chi connectivity index (χ1) is 13.1. The number of nitrogens with zero attached hydrogens (tertiary/aromatic N) is 2. The number of hydroxylamine groups is 1. The molecule has 3 rings (SSSR count). The van der Waals surface area contributed by atoms with Gasteiger partial charge in [0.15, 0.2) is 5.17 Å². The molecule has 0 spiro atoms. The second kappa shape index (κ2) is 9.01. The highest BCUT2D eigenvalue weighted by Crippen LogP contribution is 2.29. The summed E-state index contributed by atoms with van der Waals surface area (Å²) < 4.78 is 0. The minimum atomic E-state index is -0.475. The zero-order valence-electron chi connectivity index (χ0n) is 15.1. The lowest BCUT2D eigenvalue weighted by molar-refractivity contribution is -0.121. The van der Waals surface area contributed by atoms with E-state index in [1.165, 1.54) is 11.8 Å². The zero-order chi connectivity index (χ0) is 19.2. The fourth-order valence-electron chi connectivity index (χ4n) is 2.83. The van der Waals surface area contributed by atoms with Gasteiger partial charge in [-0.15, -0.1) is 0 Å². The van der Waals surface area contributed by atoms with E-state index >= 15 is 0 Å². The number of carbonyl (C=O) groups excluding carboxylic acids is 3. The summed E-state index contributed by atoms with van der Waals surface area (Å²) >= 11 is 1.37. The smallest absolute Gasteiger partial charge is 0.274 e. The molecule has 2 N–H and O–H groups in total. The Morgan fingerprint density at radius 1 is 1.26 bits per heavy atom. The van der Waals surface area contributed by atoms with Gasteiger partial charge in [-0.25, -0.2) is 5.48 Å². The highest BCUT2D eigenvalue weighted by molar-refractivity contribution is 8.15. The number of aliphatic imine (C=N–C) groups is 1. The van der Waals surface area contributed by atoms with Crippen LogP contribution in [0.15, 0.2) is 29.3 Å². The van der Waals surface area contributed by atoms with Gasteiger partial charge in [0.2, 0.25) is 5.91 Å². The Hall–Kier alpha value is -2.39. The Labute approximate surface area is 161 Å². The van der Waals surface area contributed by atoms with Gasteiger partial charge in [0.05, 0.1) is 6.61 Å². The Balaban J connectivity index is 1.49. The minimum absolute atomic E-state index is 0.0664. The normalized spacial score (nSPS) is 19.1. The van der Waals surface area contributed by atoms with E-state index in [-0.39, 0.29) is 24.1 Å². The summed E-state index contributed by atoms with van der Waals surface area (Å²) in [5.41, 5.74) is 3.29. The van der Waals surface area contributed by atoms with Crippen LogP contribution >= 0.6 is 11.8 Å². The van der Waals surface area contributed by atoms with Crippen LogP contribution in [0.3, 0.4) is 0 Å². The molecular formula is C18H22N4O4S. The molecule has 2 heterocycles. The first-order valence-corrected chi connectivity index (χ1v) is 9.81. The van der Waals surface area contributed by atoms with Crippen LogP contribution in [0.25, 0.3) is 0 Å². The van der Waals surface area contributed by atoms with Crippen molar-refractivity contribution in [3.8, 4) is 0 Å². The molecule has 27 heavy (non-hydrogen) atoms. The second-order valence-electron chi connectivity index (χ2n) is 6.23. The van der Waals surface area contributed by atoms with E-state index in [2.05, 4.69) is 20.7 Å². The van der Waals surface area contributed by atoms with Crippen molar-refractivity contribution < 1.29 is 19.2 Å². The number of thioether (sulfide) groups is 1. The minimum Gasteiger partial charge on any atom is -0.351 e. The van der Waals surface area contributed by atoms with Gasteiger partial charge in [0.1, 0.15) is 5.25 Å². The van der Waals surface area contributed by atoms with Gasteiger partial charge in [-0.3, -0.25) is 19.2 Å². The van der Waals surface area contributed by atoms with Crippen LogP contribution in [0.2, 0.25) is 0 Å². The molecule has 1 fully saturated rings. The molecule has 0 aliphatic carbocycles. The number of anilines is 1. The summed E-state index contributed by atoms with van der Waals surface area (Å²) in [5.74, 6) is -0.862. The number of nitrogens with one attached hydrogen (secondary N) is 2. The van der Waals surface area contributed by atoms with Crippen LogP contribution in [0.1, 0.15) is 36.5 Å². The first kappa shape index (κ1) is 19.4. The Morgan fingerprint density at radius 3 is 2.63 bits per heavy atom. The maximum Gasteiger partial charge on any atom is 0.274 e. The van der Waals surface area contributed by atoms with Crippen molar-refractivity contribution in [1.29, 1.82) is 0 Å². The van der Waals surface area contributed by atoms with Crippen molar-refractivity contribution in [1.82, 2.24) is 10.4 Å². The topological polar surface area (TPSA) is 100 Å². The summed E-state index contributed by atoms with van der Waals surface area (Å²) in [6.07, 6.45) is 2.28. The van der Waals surface area contributed by atoms with E-state index in [0.29, 0.717) is 17.9 Å². The molecule has 0 aromatic heterocycles. The molecule has 1 aromatic carbocycles. The summed E-state index contributed by atoms with van der Waals surface area (Å²) in [6.45, 7) is 3.98. The molecule has 0 radical (unpaired) electrons. The molecule has 1 aromatic rings. The summed E-state index contributed by atoms with van der Waals surface area (Å²) in [6, 6.07) is 6.45. The van der Waals surface area contributed by atoms with Gasteiger partial charge in [-0.1, -0.05) is 11.8 Å². The number of amidine groups is 1. The molecule has 1 saturated heterocycles. The molecule has 144 valence electrons. The molecule has 9 heteroatoms. The highest BCUT2D eigenvalue weighted by atomic mass is 32.2. The van der Waals surface area contributed by atoms with Crippen LogP contribution in [0.4, 0.5) is 5.69 Å². The van der Waals surface area contributed by atoms with E-state index in [1.807, 2.05) is 0 Å². The van der Waals surface area contributed by atoms with E-state index in [0.717, 1.165) is 31.1 Å². The van der Waals surface area contributed by atoms with Crippen molar-refractivity contribution in [2.75, 3.05) is 25.0 Å². The summed E-state index contributed by atoms with van der Waals surface area (Å²) in [7, 11) is 0. The maximum absolute atomic E-state index is 12.3. The van der Waals surface area contributed by atoms with Crippen LogP contribution in [-0.2, 0) is 14.4 Å². The highest BCUT2D eigenvalue weighted by Gasteiger charge is 2.33. The number of benzene rings is 1. The van der Waals surface area contributed by atoms with Crippen molar-refractivity contribution in [2.45, 2.75) is 31.4 Å². The first-order valence-electron chi connectivity index (χ1n) is 8.93. The molecule has 0 saturated carbocycles. The molecule has 1 atom stereocenters.